The molecule has 1 heterocycles. The number of aryl methyl sites for hydroxylation is 1. The largest absolute Gasteiger partial charge is 0.492 e. The van der Waals surface area contributed by atoms with Crippen molar-refractivity contribution in [1.82, 2.24) is 14.1 Å². The van der Waals surface area contributed by atoms with E-state index in [-0.39, 0.29) is 25.6 Å². The fourth-order valence-electron chi connectivity index (χ4n) is 4.26. The van der Waals surface area contributed by atoms with Crippen molar-refractivity contribution in [1.29, 1.82) is 0 Å². The number of nitrogens with one attached hydrogen (secondary N) is 1. The van der Waals surface area contributed by atoms with Crippen LogP contribution in [0.15, 0.2) is 52.1 Å². The average Bonchev–Trinajstić information content (AvgIpc) is 3.81. The van der Waals surface area contributed by atoms with E-state index in [0.29, 0.717) is 41.8 Å². The van der Waals surface area contributed by atoms with Crippen LogP contribution in [-0.4, -0.2) is 33.3 Å². The van der Waals surface area contributed by atoms with Crippen molar-refractivity contribution in [2.45, 2.75) is 52.6 Å². The lowest BCUT2D eigenvalue weighted by atomic mass is 10.1. The number of esters is 1. The molecule has 2 aliphatic rings. The number of aromatic nitrogens is 3. The fraction of sp³-hybridized carbons (Fsp3) is 0.429. The van der Waals surface area contributed by atoms with Gasteiger partial charge in [0.25, 0.3) is 0 Å². The smallest absolute Gasteiger partial charge is 0.354 e. The molecule has 10 heteroatoms. The summed E-state index contributed by atoms with van der Waals surface area (Å²) in [5.74, 6) is 0.866. The lowest BCUT2D eigenvalue weighted by molar-refractivity contribution is -0.150. The predicted molar refractivity (Wildman–Crippen MR) is 144 cm³/mol. The van der Waals surface area contributed by atoms with Crippen LogP contribution in [0.3, 0.4) is 0 Å². The monoisotopic (exact) mass is 538 g/mol. The molecular weight excluding hydrogens is 508 g/mol. The molecule has 5 rings (SSSR count). The molecule has 0 radical (unpaired) electrons. The number of hydrogen-bond donors (Lipinski definition) is 1. The molecule has 0 saturated heterocycles. The van der Waals surface area contributed by atoms with Gasteiger partial charge in [-0.3, -0.25) is 9.36 Å². The second-order valence-corrected chi connectivity index (χ2v) is 10.6. The third-order valence-corrected chi connectivity index (χ3v) is 7.29. The summed E-state index contributed by atoms with van der Waals surface area (Å²) in [6.45, 7) is 4.70. The van der Waals surface area contributed by atoms with Gasteiger partial charge in [-0.15, -0.1) is 0 Å². The van der Waals surface area contributed by atoms with Crippen LogP contribution in [0, 0.1) is 18.3 Å². The van der Waals surface area contributed by atoms with Crippen molar-refractivity contribution in [3.8, 4) is 5.75 Å². The van der Waals surface area contributed by atoms with Crippen molar-refractivity contribution in [3.05, 3.63) is 79.6 Å². The van der Waals surface area contributed by atoms with Crippen molar-refractivity contribution >= 4 is 29.2 Å². The normalized spacial score (nSPS) is 15.7. The third kappa shape index (κ3) is 5.78. The molecule has 2 fully saturated rings. The molecule has 9 nitrogen and oxygen atoms in total. The third-order valence-electron chi connectivity index (χ3n) is 6.99. The Labute approximate surface area is 225 Å². The van der Waals surface area contributed by atoms with E-state index < -0.39 is 22.8 Å². The zero-order valence-corrected chi connectivity index (χ0v) is 22.3. The number of benzene rings is 2. The summed E-state index contributed by atoms with van der Waals surface area (Å²) < 4.78 is 13.4. The van der Waals surface area contributed by atoms with Crippen molar-refractivity contribution in [2.24, 2.45) is 11.3 Å². The van der Waals surface area contributed by atoms with Crippen LogP contribution < -0.4 is 21.4 Å². The molecule has 0 unspecified atom stereocenters. The summed E-state index contributed by atoms with van der Waals surface area (Å²) in [7, 11) is 0. The highest BCUT2D eigenvalue weighted by atomic mass is 35.5. The van der Waals surface area contributed by atoms with Gasteiger partial charge in [-0.25, -0.2) is 14.2 Å². The fourth-order valence-corrected chi connectivity index (χ4v) is 4.50. The number of nitrogens with zero attached hydrogens (tertiary/aromatic N) is 3. The van der Waals surface area contributed by atoms with E-state index >= 15 is 0 Å². The molecule has 2 saturated carbocycles. The molecule has 3 aromatic rings. The Balaban J connectivity index is 1.47. The first-order valence-corrected chi connectivity index (χ1v) is 13.3. The zero-order chi connectivity index (χ0) is 26.9. The first-order valence-electron chi connectivity index (χ1n) is 12.9. The summed E-state index contributed by atoms with van der Waals surface area (Å²) in [5.41, 5.74) is 0.358. The van der Waals surface area contributed by atoms with Gasteiger partial charge in [0.05, 0.1) is 30.2 Å². The summed E-state index contributed by atoms with van der Waals surface area (Å²) in [6.07, 6.45) is 3.47. The Morgan fingerprint density at radius 1 is 1.13 bits per heavy atom. The van der Waals surface area contributed by atoms with Gasteiger partial charge in [0, 0.05) is 12.2 Å². The standard InChI is InChI=1S/C28H31ClN4O5/c1-3-37-24(34)28(12-13-28)17-33-26(35)31-25(32(27(33)36)15-19-6-4-18(2)5-7-19)30-21-10-11-23(22(29)14-21)38-16-20-8-9-20/h4-7,10-11,14,20H,3,8-9,12-13,15-17H2,1-2H3,(H,30,31,35). The second-order valence-electron chi connectivity index (χ2n) is 10.2. The molecule has 1 aromatic heterocycles. The maximum Gasteiger partial charge on any atom is 0.354 e. The van der Waals surface area contributed by atoms with Crippen LogP contribution in [0.2, 0.25) is 5.02 Å². The van der Waals surface area contributed by atoms with E-state index in [0.717, 1.165) is 15.7 Å². The van der Waals surface area contributed by atoms with Crippen molar-refractivity contribution < 1.29 is 14.3 Å². The lowest BCUT2D eigenvalue weighted by Crippen LogP contribution is -2.45. The zero-order valence-electron chi connectivity index (χ0n) is 21.5. The van der Waals surface area contributed by atoms with Gasteiger partial charge in [0.2, 0.25) is 5.95 Å². The van der Waals surface area contributed by atoms with Crippen LogP contribution in [0.5, 0.6) is 5.75 Å². The van der Waals surface area contributed by atoms with Crippen molar-refractivity contribution in [2.75, 3.05) is 18.5 Å². The Bertz CT molecular complexity index is 1460. The molecule has 200 valence electrons. The van der Waals surface area contributed by atoms with Gasteiger partial charge in [-0.05, 0) is 69.2 Å². The number of carbonyl (C=O) groups is 1. The number of hydrogen-bond acceptors (Lipinski definition) is 7. The van der Waals surface area contributed by atoms with E-state index in [1.807, 2.05) is 31.2 Å². The summed E-state index contributed by atoms with van der Waals surface area (Å²) in [6, 6.07) is 13.0. The minimum Gasteiger partial charge on any atom is -0.492 e. The first-order chi connectivity index (χ1) is 18.3. The molecule has 0 amide bonds. The molecule has 0 spiro atoms. The molecule has 0 atom stereocenters. The van der Waals surface area contributed by atoms with E-state index in [9.17, 15) is 14.4 Å². The minimum absolute atomic E-state index is 0.0659. The second kappa shape index (κ2) is 10.6. The Morgan fingerprint density at radius 2 is 1.87 bits per heavy atom. The first kappa shape index (κ1) is 26.0. The molecule has 1 N–H and O–H groups in total. The highest BCUT2D eigenvalue weighted by Crippen LogP contribution is 2.47. The molecular formula is C28H31ClN4O5. The Kier molecular flexibility index (Phi) is 7.29. The van der Waals surface area contributed by atoms with Gasteiger partial charge in [0.1, 0.15) is 5.75 Å². The van der Waals surface area contributed by atoms with Crippen LogP contribution in [0.25, 0.3) is 0 Å². The van der Waals surface area contributed by atoms with Crippen LogP contribution in [0.4, 0.5) is 11.6 Å². The average molecular weight is 539 g/mol. The van der Waals surface area contributed by atoms with E-state index in [1.165, 1.54) is 17.4 Å². The number of ether oxygens (including phenoxy) is 2. The summed E-state index contributed by atoms with van der Waals surface area (Å²) >= 11 is 6.44. The van der Waals surface area contributed by atoms with Gasteiger partial charge in [-0.2, -0.15) is 4.98 Å². The van der Waals surface area contributed by atoms with Gasteiger partial charge in [-0.1, -0.05) is 41.4 Å². The van der Waals surface area contributed by atoms with Crippen LogP contribution in [0.1, 0.15) is 43.7 Å². The van der Waals surface area contributed by atoms with Gasteiger partial charge in [0.15, 0.2) is 0 Å². The summed E-state index contributed by atoms with van der Waals surface area (Å²) in [4.78, 5) is 43.5. The molecule has 2 aromatic carbocycles. The van der Waals surface area contributed by atoms with E-state index in [4.69, 9.17) is 21.1 Å². The molecule has 38 heavy (non-hydrogen) atoms. The SMILES string of the molecule is CCOC(=O)C1(Cn2c(=O)nc(Nc3ccc(OCC4CC4)c(Cl)c3)n(Cc3ccc(C)cc3)c2=O)CC1. The number of anilines is 2. The number of halogens is 1. The highest BCUT2D eigenvalue weighted by Gasteiger charge is 2.52. The maximum absolute atomic E-state index is 13.7. The van der Waals surface area contributed by atoms with Crippen LogP contribution >= 0.6 is 11.6 Å². The van der Waals surface area contributed by atoms with E-state index in [1.54, 1.807) is 25.1 Å². The Hall–Kier alpha value is -3.59. The highest BCUT2D eigenvalue weighted by molar-refractivity contribution is 6.32. The Morgan fingerprint density at radius 3 is 2.50 bits per heavy atom. The molecule has 2 aliphatic carbocycles. The molecule has 0 aliphatic heterocycles. The van der Waals surface area contributed by atoms with Crippen LogP contribution in [-0.2, 0) is 22.6 Å². The van der Waals surface area contributed by atoms with Crippen molar-refractivity contribution in [3.63, 3.8) is 0 Å². The number of rotatable bonds is 11. The lowest BCUT2D eigenvalue weighted by Gasteiger charge is -2.19. The predicted octanol–water partition coefficient (Wildman–Crippen LogP) is 4.29. The maximum atomic E-state index is 13.7. The minimum atomic E-state index is -0.860. The molecule has 0 bridgehead atoms. The van der Waals surface area contributed by atoms with Gasteiger partial charge >= 0.3 is 17.3 Å². The quantitative estimate of drug-likeness (QED) is 0.363. The number of carbonyl (C=O) groups excluding carboxylic acids is 1. The van der Waals surface area contributed by atoms with Gasteiger partial charge < -0.3 is 14.8 Å². The van der Waals surface area contributed by atoms with E-state index in [2.05, 4.69) is 10.3 Å². The summed E-state index contributed by atoms with van der Waals surface area (Å²) in [5, 5.41) is 3.50. The topological polar surface area (TPSA) is 104 Å².